The molecule has 126 valence electrons. The first-order valence-electron chi connectivity index (χ1n) is 8.43. The fourth-order valence-corrected chi connectivity index (χ4v) is 4.18. The Balaban J connectivity index is 1.56. The van der Waals surface area contributed by atoms with E-state index in [1.807, 2.05) is 30.3 Å². The summed E-state index contributed by atoms with van der Waals surface area (Å²) in [5, 5.41) is 17.4. The van der Waals surface area contributed by atoms with E-state index in [4.69, 9.17) is 11.6 Å². The van der Waals surface area contributed by atoms with E-state index in [-0.39, 0.29) is 18.4 Å². The van der Waals surface area contributed by atoms with Crippen LogP contribution in [0.5, 0.6) is 0 Å². The summed E-state index contributed by atoms with van der Waals surface area (Å²) in [7, 11) is 0. The number of anilines is 1. The van der Waals surface area contributed by atoms with Crippen LogP contribution in [0.2, 0.25) is 5.02 Å². The van der Waals surface area contributed by atoms with Crippen molar-refractivity contribution in [2.24, 2.45) is 17.8 Å². The van der Waals surface area contributed by atoms with Gasteiger partial charge in [0.15, 0.2) is 0 Å². The molecule has 1 amide bonds. The molecule has 0 radical (unpaired) electrons. The normalized spacial score (nSPS) is 24.7. The number of carbonyl (C=O) groups excluding carboxylic acids is 1. The Kier molecular flexibility index (Phi) is 4.06. The first-order chi connectivity index (χ1) is 11.7. The summed E-state index contributed by atoms with van der Waals surface area (Å²) < 4.78 is 1.65. The van der Waals surface area contributed by atoms with Crippen molar-refractivity contribution in [3.8, 4) is 11.3 Å². The van der Waals surface area contributed by atoms with Crippen molar-refractivity contribution in [3.63, 3.8) is 0 Å². The first-order valence-corrected chi connectivity index (χ1v) is 8.80. The van der Waals surface area contributed by atoms with Gasteiger partial charge < -0.3 is 10.4 Å². The van der Waals surface area contributed by atoms with E-state index in [1.54, 1.807) is 4.68 Å². The minimum Gasteiger partial charge on any atom is -0.394 e. The highest BCUT2D eigenvalue weighted by atomic mass is 35.5. The second kappa shape index (κ2) is 6.22. The zero-order chi connectivity index (χ0) is 16.7. The maximum absolute atomic E-state index is 12.5. The second-order valence-electron chi connectivity index (χ2n) is 6.65. The molecule has 2 aromatic rings. The first kappa shape index (κ1) is 15.7. The van der Waals surface area contributed by atoms with Gasteiger partial charge in [-0.05, 0) is 36.8 Å². The molecule has 0 aliphatic heterocycles. The summed E-state index contributed by atoms with van der Waals surface area (Å²) in [5.41, 5.74) is 1.62. The predicted octanol–water partition coefficient (Wildman–Crippen LogP) is 3.18. The van der Waals surface area contributed by atoms with Gasteiger partial charge in [0.05, 0.1) is 18.8 Å². The van der Waals surface area contributed by atoms with Crippen LogP contribution in [0.1, 0.15) is 19.3 Å². The van der Waals surface area contributed by atoms with Crippen LogP contribution in [-0.4, -0.2) is 27.4 Å². The lowest BCUT2D eigenvalue weighted by Gasteiger charge is -2.08. The molecule has 1 aromatic heterocycles. The van der Waals surface area contributed by atoms with Gasteiger partial charge in [0.25, 0.3) is 0 Å². The lowest BCUT2D eigenvalue weighted by molar-refractivity contribution is -0.118. The van der Waals surface area contributed by atoms with Crippen molar-refractivity contribution in [2.45, 2.75) is 25.8 Å². The monoisotopic (exact) mass is 345 g/mol. The number of amides is 1. The minimum absolute atomic E-state index is 0.0335. The van der Waals surface area contributed by atoms with E-state index in [2.05, 4.69) is 10.4 Å². The largest absolute Gasteiger partial charge is 0.394 e. The number of halogens is 1. The fraction of sp³-hybridized carbons (Fsp3) is 0.444. The minimum atomic E-state index is -0.0335. The Bertz CT molecular complexity index is 763. The number of hydrogen-bond acceptors (Lipinski definition) is 3. The highest BCUT2D eigenvalue weighted by Gasteiger charge is 2.56. The molecule has 2 fully saturated rings. The smallest absolute Gasteiger partial charge is 0.229 e. The average molecular weight is 346 g/mol. The number of aliphatic hydroxyl groups excluding tert-OH is 1. The number of rotatable bonds is 5. The van der Waals surface area contributed by atoms with Crippen molar-refractivity contribution in [1.82, 2.24) is 9.78 Å². The van der Waals surface area contributed by atoms with Crippen LogP contribution < -0.4 is 5.32 Å². The summed E-state index contributed by atoms with van der Waals surface area (Å²) in [6, 6.07) is 9.28. The predicted molar refractivity (Wildman–Crippen MR) is 92.7 cm³/mol. The Morgan fingerprint density at radius 1 is 1.33 bits per heavy atom. The summed E-state index contributed by atoms with van der Waals surface area (Å²) in [5.74, 6) is 2.03. The molecule has 2 unspecified atom stereocenters. The summed E-state index contributed by atoms with van der Waals surface area (Å²) >= 11 is 6.05. The van der Waals surface area contributed by atoms with Crippen molar-refractivity contribution in [1.29, 1.82) is 0 Å². The number of fused-ring (bicyclic) bond motifs is 1. The molecule has 6 heteroatoms. The van der Waals surface area contributed by atoms with Gasteiger partial charge in [0.1, 0.15) is 5.82 Å². The number of carbonyl (C=O) groups is 1. The maximum atomic E-state index is 12.5. The van der Waals surface area contributed by atoms with Crippen molar-refractivity contribution in [2.75, 3.05) is 11.9 Å². The molecule has 1 heterocycles. The van der Waals surface area contributed by atoms with E-state index < -0.39 is 0 Å². The van der Waals surface area contributed by atoms with E-state index in [0.717, 1.165) is 11.3 Å². The van der Waals surface area contributed by atoms with Crippen LogP contribution >= 0.6 is 11.6 Å². The zero-order valence-electron chi connectivity index (χ0n) is 13.3. The van der Waals surface area contributed by atoms with Gasteiger partial charge in [0.2, 0.25) is 5.91 Å². The highest BCUT2D eigenvalue weighted by molar-refractivity contribution is 6.30. The fourth-order valence-electron chi connectivity index (χ4n) is 3.99. The molecular weight excluding hydrogens is 326 g/mol. The topological polar surface area (TPSA) is 67.2 Å². The standard InChI is InChI=1S/C18H20ClN3O2/c19-12-4-1-3-11(9-12)15-10-16(22(21-15)7-8-23)20-18(24)17-13-5-2-6-14(13)17/h1,3-4,9-10,13-14,17,23H,2,5-8H2,(H,20,24). The van der Waals surface area contributed by atoms with Crippen molar-refractivity contribution < 1.29 is 9.90 Å². The van der Waals surface area contributed by atoms with Crippen molar-refractivity contribution >= 4 is 23.3 Å². The maximum Gasteiger partial charge on any atom is 0.229 e. The molecule has 24 heavy (non-hydrogen) atoms. The van der Waals surface area contributed by atoms with Crippen molar-refractivity contribution in [3.05, 3.63) is 35.4 Å². The molecule has 5 nitrogen and oxygen atoms in total. The van der Waals surface area contributed by atoms with Crippen LogP contribution in [0.25, 0.3) is 11.3 Å². The van der Waals surface area contributed by atoms with Gasteiger partial charge in [-0.25, -0.2) is 4.68 Å². The van der Waals surface area contributed by atoms with Crippen LogP contribution in [0.4, 0.5) is 5.82 Å². The molecule has 2 saturated carbocycles. The van der Waals surface area contributed by atoms with E-state index in [0.29, 0.717) is 29.2 Å². The van der Waals surface area contributed by atoms with Gasteiger partial charge in [-0.3, -0.25) is 4.79 Å². The molecule has 2 aliphatic carbocycles. The average Bonchev–Trinajstić information content (AvgIpc) is 2.90. The van der Waals surface area contributed by atoms with E-state index in [1.165, 1.54) is 19.3 Å². The Morgan fingerprint density at radius 2 is 2.12 bits per heavy atom. The number of nitrogens with zero attached hydrogens (tertiary/aromatic N) is 2. The number of hydrogen-bond donors (Lipinski definition) is 2. The zero-order valence-corrected chi connectivity index (χ0v) is 14.0. The van der Waals surface area contributed by atoms with Gasteiger partial charge in [0, 0.05) is 22.6 Å². The van der Waals surface area contributed by atoms with Gasteiger partial charge in [-0.15, -0.1) is 0 Å². The summed E-state index contributed by atoms with van der Waals surface area (Å²) in [6.45, 7) is 0.307. The quantitative estimate of drug-likeness (QED) is 0.874. The molecular formula is C18H20ClN3O2. The van der Waals surface area contributed by atoms with Crippen LogP contribution in [0.15, 0.2) is 30.3 Å². The van der Waals surface area contributed by atoms with E-state index >= 15 is 0 Å². The molecule has 4 rings (SSSR count). The molecule has 0 bridgehead atoms. The summed E-state index contributed by atoms with van der Waals surface area (Å²) in [4.78, 5) is 12.5. The molecule has 2 N–H and O–H groups in total. The van der Waals surface area contributed by atoms with Gasteiger partial charge in [-0.2, -0.15) is 5.10 Å². The van der Waals surface area contributed by atoms with Crippen LogP contribution in [0.3, 0.4) is 0 Å². The lowest BCUT2D eigenvalue weighted by atomic mass is 10.1. The molecule has 0 spiro atoms. The molecule has 1 aromatic carbocycles. The molecule has 2 atom stereocenters. The molecule has 2 aliphatic rings. The summed E-state index contributed by atoms with van der Waals surface area (Å²) in [6.07, 6.45) is 3.60. The number of benzene rings is 1. The SMILES string of the molecule is O=C(Nc1cc(-c2cccc(Cl)c2)nn1CCO)C1C2CCCC21. The Hall–Kier alpha value is -1.85. The Morgan fingerprint density at radius 3 is 2.83 bits per heavy atom. The van der Waals surface area contributed by atoms with Crippen LogP contribution in [-0.2, 0) is 11.3 Å². The lowest BCUT2D eigenvalue weighted by Crippen LogP contribution is -2.20. The van der Waals surface area contributed by atoms with E-state index in [9.17, 15) is 9.90 Å². The Labute approximate surface area is 145 Å². The number of aromatic nitrogens is 2. The molecule has 0 saturated heterocycles. The third kappa shape index (κ3) is 2.82. The highest BCUT2D eigenvalue weighted by Crippen LogP contribution is 2.57. The number of nitrogens with one attached hydrogen (secondary N) is 1. The number of aliphatic hydroxyl groups is 1. The van der Waals surface area contributed by atoms with Gasteiger partial charge in [-0.1, -0.05) is 30.2 Å². The van der Waals surface area contributed by atoms with Crippen LogP contribution in [0, 0.1) is 17.8 Å². The van der Waals surface area contributed by atoms with Gasteiger partial charge >= 0.3 is 0 Å². The third-order valence-corrected chi connectivity index (χ3v) is 5.41. The third-order valence-electron chi connectivity index (χ3n) is 5.17. The second-order valence-corrected chi connectivity index (χ2v) is 7.08.